The molecule has 0 aromatic heterocycles. The van der Waals surface area contributed by atoms with E-state index in [1.807, 2.05) is 0 Å². The lowest BCUT2D eigenvalue weighted by Crippen LogP contribution is -2.35. The molecule has 78 valence electrons. The van der Waals surface area contributed by atoms with Crippen molar-refractivity contribution in [1.82, 2.24) is 4.72 Å². The van der Waals surface area contributed by atoms with Gasteiger partial charge in [-0.1, -0.05) is 13.8 Å². The molecule has 0 spiro atoms. The van der Waals surface area contributed by atoms with Crippen molar-refractivity contribution >= 4 is 15.8 Å². The number of carbonyl (C=O) groups excluding carboxylic acids is 1. The van der Waals surface area contributed by atoms with Crippen LogP contribution in [0.15, 0.2) is 0 Å². The summed E-state index contributed by atoms with van der Waals surface area (Å²) in [5, 5.41) is 0. The van der Waals surface area contributed by atoms with Gasteiger partial charge in [-0.15, -0.1) is 0 Å². The molecule has 0 heterocycles. The average molecular weight is 207 g/mol. The minimum atomic E-state index is -3.42. The summed E-state index contributed by atoms with van der Waals surface area (Å²) >= 11 is 0. The highest BCUT2D eigenvalue weighted by Crippen LogP contribution is 1.98. The van der Waals surface area contributed by atoms with Crippen LogP contribution in [0.4, 0.5) is 0 Å². The van der Waals surface area contributed by atoms with E-state index in [1.165, 1.54) is 0 Å². The van der Waals surface area contributed by atoms with Crippen LogP contribution in [0, 0.1) is 5.92 Å². The second kappa shape index (κ2) is 4.72. The lowest BCUT2D eigenvalue weighted by atomic mass is 10.1. The first kappa shape index (κ1) is 12.6. The lowest BCUT2D eigenvalue weighted by molar-refractivity contribution is -0.119. The van der Waals surface area contributed by atoms with E-state index in [2.05, 4.69) is 4.72 Å². The summed E-state index contributed by atoms with van der Waals surface area (Å²) in [6.07, 6.45) is 0. The van der Waals surface area contributed by atoms with Crippen molar-refractivity contribution in [2.24, 2.45) is 5.92 Å². The summed E-state index contributed by atoms with van der Waals surface area (Å²) in [4.78, 5) is 11.1. The minimum absolute atomic E-state index is 0.162. The Labute approximate surface area is 79.8 Å². The Bertz CT molecular complexity index is 267. The molecule has 0 atom stereocenters. The number of ketones is 1. The largest absolute Gasteiger partial charge is 0.298 e. The molecular weight excluding hydrogens is 190 g/mol. The van der Waals surface area contributed by atoms with Gasteiger partial charge < -0.3 is 0 Å². The standard InChI is InChI=1S/C8H17NO3S/c1-6(2)8(10)5-13(11,12)9-7(3)4/h6-7,9H,5H2,1-4H3. The van der Waals surface area contributed by atoms with Crippen LogP contribution in [0.25, 0.3) is 0 Å². The molecule has 0 rings (SSSR count). The number of carbonyl (C=O) groups is 1. The van der Waals surface area contributed by atoms with Gasteiger partial charge in [0.2, 0.25) is 10.0 Å². The predicted octanol–water partition coefficient (Wildman–Crippen LogP) is 0.539. The zero-order valence-corrected chi connectivity index (χ0v) is 9.31. The van der Waals surface area contributed by atoms with Crippen LogP contribution in [0.2, 0.25) is 0 Å². The zero-order chi connectivity index (χ0) is 10.6. The summed E-state index contributed by atoms with van der Waals surface area (Å²) in [5.41, 5.74) is 0. The minimum Gasteiger partial charge on any atom is -0.298 e. The summed E-state index contributed by atoms with van der Waals surface area (Å²) in [6, 6.07) is -0.162. The Balaban J connectivity index is 4.27. The van der Waals surface area contributed by atoms with Crippen molar-refractivity contribution in [1.29, 1.82) is 0 Å². The van der Waals surface area contributed by atoms with Crippen LogP contribution < -0.4 is 4.72 Å². The Morgan fingerprint density at radius 1 is 1.23 bits per heavy atom. The fourth-order valence-electron chi connectivity index (χ4n) is 0.755. The van der Waals surface area contributed by atoms with Gasteiger partial charge in [0.05, 0.1) is 0 Å². The van der Waals surface area contributed by atoms with Crippen molar-refractivity contribution in [2.45, 2.75) is 33.7 Å². The molecular formula is C8H17NO3S. The number of nitrogens with one attached hydrogen (secondary N) is 1. The first-order valence-corrected chi connectivity index (χ1v) is 5.92. The third-order valence-electron chi connectivity index (χ3n) is 1.39. The maximum atomic E-state index is 11.2. The molecule has 1 N–H and O–H groups in total. The number of Topliss-reactive ketones (excluding diaryl/α,β-unsaturated/α-hetero) is 1. The van der Waals surface area contributed by atoms with Crippen LogP contribution in [-0.4, -0.2) is 26.0 Å². The molecule has 0 aliphatic carbocycles. The number of sulfonamides is 1. The third kappa shape index (κ3) is 5.76. The van der Waals surface area contributed by atoms with E-state index in [4.69, 9.17) is 0 Å². The lowest BCUT2D eigenvalue weighted by Gasteiger charge is -2.09. The zero-order valence-electron chi connectivity index (χ0n) is 8.49. The van der Waals surface area contributed by atoms with Crippen LogP contribution in [0.1, 0.15) is 27.7 Å². The Kier molecular flexibility index (Phi) is 4.56. The van der Waals surface area contributed by atoms with Gasteiger partial charge in [-0.2, -0.15) is 0 Å². The van der Waals surface area contributed by atoms with E-state index >= 15 is 0 Å². The molecule has 4 nitrogen and oxygen atoms in total. The van der Waals surface area contributed by atoms with E-state index in [1.54, 1.807) is 27.7 Å². The van der Waals surface area contributed by atoms with E-state index < -0.39 is 15.8 Å². The maximum absolute atomic E-state index is 11.2. The highest BCUT2D eigenvalue weighted by molar-refractivity contribution is 7.90. The molecule has 0 saturated carbocycles. The fraction of sp³-hybridized carbons (Fsp3) is 0.875. The summed E-state index contributed by atoms with van der Waals surface area (Å²) < 4.78 is 24.8. The van der Waals surface area contributed by atoms with Gasteiger partial charge in [0.1, 0.15) is 5.75 Å². The summed E-state index contributed by atoms with van der Waals surface area (Å²) in [7, 11) is -3.42. The van der Waals surface area contributed by atoms with E-state index in [0.717, 1.165) is 0 Å². The third-order valence-corrected chi connectivity index (χ3v) is 2.89. The van der Waals surface area contributed by atoms with Crippen molar-refractivity contribution in [3.8, 4) is 0 Å². The quantitative estimate of drug-likeness (QED) is 0.715. The number of hydrogen-bond donors (Lipinski definition) is 1. The molecule has 13 heavy (non-hydrogen) atoms. The van der Waals surface area contributed by atoms with Gasteiger partial charge >= 0.3 is 0 Å². The summed E-state index contributed by atoms with van der Waals surface area (Å²) in [6.45, 7) is 6.81. The second-order valence-corrected chi connectivity index (χ2v) is 5.41. The Morgan fingerprint density at radius 3 is 2.00 bits per heavy atom. The highest BCUT2D eigenvalue weighted by atomic mass is 32.2. The molecule has 0 aliphatic rings. The molecule has 0 aliphatic heterocycles. The normalized spacial score (nSPS) is 12.5. The van der Waals surface area contributed by atoms with Crippen molar-refractivity contribution < 1.29 is 13.2 Å². The summed E-state index contributed by atoms with van der Waals surface area (Å²) in [5.74, 6) is -0.903. The monoisotopic (exact) mass is 207 g/mol. The van der Waals surface area contributed by atoms with E-state index in [0.29, 0.717) is 0 Å². The smallest absolute Gasteiger partial charge is 0.218 e. The van der Waals surface area contributed by atoms with Gasteiger partial charge in [0.25, 0.3) is 0 Å². The molecule has 0 radical (unpaired) electrons. The maximum Gasteiger partial charge on any atom is 0.218 e. The average Bonchev–Trinajstić information content (AvgIpc) is 1.81. The van der Waals surface area contributed by atoms with Gasteiger partial charge in [0, 0.05) is 12.0 Å². The van der Waals surface area contributed by atoms with Crippen LogP contribution in [-0.2, 0) is 14.8 Å². The molecule has 0 bridgehead atoms. The van der Waals surface area contributed by atoms with Crippen molar-refractivity contribution in [3.05, 3.63) is 0 Å². The Hall–Kier alpha value is -0.420. The van der Waals surface area contributed by atoms with E-state index in [9.17, 15) is 13.2 Å². The Morgan fingerprint density at radius 2 is 1.69 bits per heavy atom. The second-order valence-electron chi connectivity index (χ2n) is 3.65. The van der Waals surface area contributed by atoms with Gasteiger partial charge in [0.15, 0.2) is 5.78 Å². The van der Waals surface area contributed by atoms with Gasteiger partial charge in [-0.3, -0.25) is 4.79 Å². The topological polar surface area (TPSA) is 63.2 Å². The molecule has 0 unspecified atom stereocenters. The molecule has 0 saturated heterocycles. The molecule has 0 fully saturated rings. The number of rotatable bonds is 5. The van der Waals surface area contributed by atoms with Crippen molar-refractivity contribution in [2.75, 3.05) is 5.75 Å². The molecule has 5 heteroatoms. The molecule has 0 aromatic rings. The number of hydrogen-bond acceptors (Lipinski definition) is 3. The van der Waals surface area contributed by atoms with Crippen molar-refractivity contribution in [3.63, 3.8) is 0 Å². The van der Waals surface area contributed by atoms with Gasteiger partial charge in [-0.25, -0.2) is 13.1 Å². The SMILES string of the molecule is CC(C)NS(=O)(=O)CC(=O)C(C)C. The van der Waals surface area contributed by atoms with E-state index in [-0.39, 0.29) is 17.7 Å². The molecule has 0 aromatic carbocycles. The highest BCUT2D eigenvalue weighted by Gasteiger charge is 2.19. The predicted molar refractivity (Wildman–Crippen MR) is 51.9 cm³/mol. The fourth-order valence-corrected chi connectivity index (χ4v) is 2.26. The van der Waals surface area contributed by atoms with Gasteiger partial charge in [-0.05, 0) is 13.8 Å². The first-order chi connectivity index (χ1) is 5.74. The van der Waals surface area contributed by atoms with Crippen LogP contribution in [0.5, 0.6) is 0 Å². The van der Waals surface area contributed by atoms with Crippen LogP contribution >= 0.6 is 0 Å². The molecule has 0 amide bonds. The first-order valence-electron chi connectivity index (χ1n) is 4.27. The van der Waals surface area contributed by atoms with Crippen LogP contribution in [0.3, 0.4) is 0 Å².